The van der Waals surface area contributed by atoms with E-state index in [0.717, 1.165) is 17.8 Å². The predicted octanol–water partition coefficient (Wildman–Crippen LogP) is 3.19. The summed E-state index contributed by atoms with van der Waals surface area (Å²) in [5.41, 5.74) is 6.06. The molecule has 0 aromatic carbocycles. The lowest BCUT2D eigenvalue weighted by molar-refractivity contribution is 0.244. The molecule has 0 radical (unpaired) electrons. The normalized spacial score (nSPS) is 33.0. The van der Waals surface area contributed by atoms with Crippen molar-refractivity contribution >= 4 is 0 Å². The molecule has 0 spiro atoms. The van der Waals surface area contributed by atoms with E-state index in [2.05, 4.69) is 20.8 Å². The SMILES string of the molecule is CC(C)C(C)C1CCCCC(N)C1. The van der Waals surface area contributed by atoms with Crippen LogP contribution in [0.3, 0.4) is 0 Å². The molecule has 1 aliphatic rings. The minimum absolute atomic E-state index is 0.480. The number of rotatable bonds is 2. The minimum atomic E-state index is 0.480. The van der Waals surface area contributed by atoms with Crippen LogP contribution in [-0.2, 0) is 0 Å². The molecular formula is C12H25N. The molecule has 0 aromatic heterocycles. The molecule has 1 heteroatoms. The van der Waals surface area contributed by atoms with Crippen molar-refractivity contribution in [2.45, 2.75) is 58.9 Å². The molecule has 2 N–H and O–H groups in total. The van der Waals surface area contributed by atoms with Crippen molar-refractivity contribution in [3.05, 3.63) is 0 Å². The first-order chi connectivity index (χ1) is 6.11. The van der Waals surface area contributed by atoms with Crippen molar-refractivity contribution in [2.75, 3.05) is 0 Å². The van der Waals surface area contributed by atoms with E-state index in [9.17, 15) is 0 Å². The van der Waals surface area contributed by atoms with E-state index in [0.29, 0.717) is 6.04 Å². The van der Waals surface area contributed by atoms with E-state index >= 15 is 0 Å². The average Bonchev–Trinajstić information content (AvgIpc) is 2.28. The second-order valence-corrected chi connectivity index (χ2v) is 5.14. The van der Waals surface area contributed by atoms with Gasteiger partial charge in [-0.05, 0) is 30.6 Å². The van der Waals surface area contributed by atoms with Crippen LogP contribution in [0, 0.1) is 17.8 Å². The summed E-state index contributed by atoms with van der Waals surface area (Å²) in [7, 11) is 0. The van der Waals surface area contributed by atoms with Gasteiger partial charge in [0, 0.05) is 6.04 Å². The third-order valence-electron chi connectivity index (χ3n) is 3.80. The van der Waals surface area contributed by atoms with Gasteiger partial charge in [0.15, 0.2) is 0 Å². The number of hydrogen-bond acceptors (Lipinski definition) is 1. The summed E-state index contributed by atoms with van der Waals surface area (Å²) >= 11 is 0. The molecule has 0 aromatic rings. The van der Waals surface area contributed by atoms with Gasteiger partial charge in [0.05, 0.1) is 0 Å². The van der Waals surface area contributed by atoms with Gasteiger partial charge in [0.2, 0.25) is 0 Å². The van der Waals surface area contributed by atoms with Gasteiger partial charge in [-0.25, -0.2) is 0 Å². The van der Waals surface area contributed by atoms with Gasteiger partial charge in [0.25, 0.3) is 0 Å². The molecule has 1 aliphatic carbocycles. The van der Waals surface area contributed by atoms with Crippen molar-refractivity contribution in [3.63, 3.8) is 0 Å². The van der Waals surface area contributed by atoms with Crippen molar-refractivity contribution in [3.8, 4) is 0 Å². The number of hydrogen-bond donors (Lipinski definition) is 1. The summed E-state index contributed by atoms with van der Waals surface area (Å²) in [6, 6.07) is 0.480. The summed E-state index contributed by atoms with van der Waals surface area (Å²) in [5.74, 6) is 2.55. The highest BCUT2D eigenvalue weighted by Gasteiger charge is 2.24. The van der Waals surface area contributed by atoms with Gasteiger partial charge in [0.1, 0.15) is 0 Å². The van der Waals surface area contributed by atoms with Gasteiger partial charge < -0.3 is 5.73 Å². The molecular weight excluding hydrogens is 158 g/mol. The highest BCUT2D eigenvalue weighted by atomic mass is 14.6. The van der Waals surface area contributed by atoms with Gasteiger partial charge in [-0.2, -0.15) is 0 Å². The Hall–Kier alpha value is -0.0400. The average molecular weight is 183 g/mol. The zero-order valence-electron chi connectivity index (χ0n) is 9.42. The van der Waals surface area contributed by atoms with Crippen LogP contribution in [-0.4, -0.2) is 6.04 Å². The Morgan fingerprint density at radius 3 is 2.31 bits per heavy atom. The topological polar surface area (TPSA) is 26.0 Å². The largest absolute Gasteiger partial charge is 0.328 e. The molecule has 0 bridgehead atoms. The standard InChI is InChI=1S/C12H25N/c1-9(2)10(3)11-6-4-5-7-12(13)8-11/h9-12H,4-8,13H2,1-3H3. The molecule has 0 saturated heterocycles. The Morgan fingerprint density at radius 2 is 1.69 bits per heavy atom. The zero-order chi connectivity index (χ0) is 9.84. The molecule has 3 atom stereocenters. The van der Waals surface area contributed by atoms with Gasteiger partial charge >= 0.3 is 0 Å². The molecule has 78 valence electrons. The maximum absolute atomic E-state index is 6.06. The Kier molecular flexibility index (Phi) is 4.24. The lowest BCUT2D eigenvalue weighted by atomic mass is 9.80. The Morgan fingerprint density at radius 1 is 1.08 bits per heavy atom. The van der Waals surface area contributed by atoms with Crippen LogP contribution < -0.4 is 5.73 Å². The van der Waals surface area contributed by atoms with Crippen LogP contribution in [0.15, 0.2) is 0 Å². The molecule has 0 heterocycles. The molecule has 1 fully saturated rings. The van der Waals surface area contributed by atoms with Crippen LogP contribution in [0.1, 0.15) is 52.9 Å². The van der Waals surface area contributed by atoms with E-state index in [1.54, 1.807) is 0 Å². The van der Waals surface area contributed by atoms with Crippen molar-refractivity contribution < 1.29 is 0 Å². The first-order valence-electron chi connectivity index (χ1n) is 5.87. The summed E-state index contributed by atoms with van der Waals surface area (Å²) in [5, 5.41) is 0. The molecule has 0 amide bonds. The molecule has 3 unspecified atom stereocenters. The summed E-state index contributed by atoms with van der Waals surface area (Å²) < 4.78 is 0. The van der Waals surface area contributed by atoms with Crippen LogP contribution in [0.25, 0.3) is 0 Å². The van der Waals surface area contributed by atoms with E-state index in [1.165, 1.54) is 32.1 Å². The Labute approximate surface area is 83.1 Å². The van der Waals surface area contributed by atoms with E-state index < -0.39 is 0 Å². The molecule has 1 nitrogen and oxygen atoms in total. The van der Waals surface area contributed by atoms with E-state index in [-0.39, 0.29) is 0 Å². The minimum Gasteiger partial charge on any atom is -0.328 e. The van der Waals surface area contributed by atoms with Crippen LogP contribution in [0.5, 0.6) is 0 Å². The Balaban J connectivity index is 2.47. The molecule has 1 rings (SSSR count). The molecule has 13 heavy (non-hydrogen) atoms. The highest BCUT2D eigenvalue weighted by Crippen LogP contribution is 2.32. The number of nitrogens with two attached hydrogens (primary N) is 1. The summed E-state index contributed by atoms with van der Waals surface area (Å²) in [6.07, 6.45) is 6.67. The van der Waals surface area contributed by atoms with Crippen LogP contribution in [0.2, 0.25) is 0 Å². The third kappa shape index (κ3) is 3.30. The molecule has 0 aliphatic heterocycles. The van der Waals surface area contributed by atoms with E-state index in [1.807, 2.05) is 0 Å². The van der Waals surface area contributed by atoms with E-state index in [4.69, 9.17) is 5.73 Å². The maximum Gasteiger partial charge on any atom is 0.00415 e. The van der Waals surface area contributed by atoms with Gasteiger partial charge in [-0.15, -0.1) is 0 Å². The maximum atomic E-state index is 6.06. The Bertz CT molecular complexity index is 142. The van der Waals surface area contributed by atoms with Gasteiger partial charge in [-0.3, -0.25) is 0 Å². The third-order valence-corrected chi connectivity index (χ3v) is 3.80. The fraction of sp³-hybridized carbons (Fsp3) is 1.00. The monoisotopic (exact) mass is 183 g/mol. The first kappa shape index (κ1) is 11.0. The second-order valence-electron chi connectivity index (χ2n) is 5.14. The fourth-order valence-electron chi connectivity index (χ4n) is 2.46. The van der Waals surface area contributed by atoms with Crippen molar-refractivity contribution in [2.24, 2.45) is 23.5 Å². The lowest BCUT2D eigenvalue weighted by Gasteiger charge is -2.27. The molecule has 1 saturated carbocycles. The highest BCUT2D eigenvalue weighted by molar-refractivity contribution is 4.77. The first-order valence-corrected chi connectivity index (χ1v) is 5.87. The van der Waals surface area contributed by atoms with Crippen LogP contribution in [0.4, 0.5) is 0 Å². The quantitative estimate of drug-likeness (QED) is 0.654. The smallest absolute Gasteiger partial charge is 0.00415 e. The van der Waals surface area contributed by atoms with Crippen molar-refractivity contribution in [1.29, 1.82) is 0 Å². The zero-order valence-corrected chi connectivity index (χ0v) is 9.42. The lowest BCUT2D eigenvalue weighted by Crippen LogP contribution is -2.26. The van der Waals surface area contributed by atoms with Crippen LogP contribution >= 0.6 is 0 Å². The fourth-order valence-corrected chi connectivity index (χ4v) is 2.46. The van der Waals surface area contributed by atoms with Gasteiger partial charge in [-0.1, -0.05) is 40.0 Å². The summed E-state index contributed by atoms with van der Waals surface area (Å²) in [4.78, 5) is 0. The second kappa shape index (κ2) is 4.99. The summed E-state index contributed by atoms with van der Waals surface area (Å²) in [6.45, 7) is 7.07. The van der Waals surface area contributed by atoms with Crippen molar-refractivity contribution in [1.82, 2.24) is 0 Å². The predicted molar refractivity (Wildman–Crippen MR) is 58.6 cm³/mol.